The molecule has 1 aromatic carbocycles. The zero-order valence-electron chi connectivity index (χ0n) is 14.4. The number of carbonyl (C=O) groups is 1. The number of aryl methyl sites for hydroxylation is 1. The first-order valence-electron chi connectivity index (χ1n) is 8.29. The minimum absolute atomic E-state index is 0.0721. The number of benzene rings is 1. The third-order valence-electron chi connectivity index (χ3n) is 5.30. The number of hydrogen-bond donors (Lipinski definition) is 2. The van der Waals surface area contributed by atoms with Crippen molar-refractivity contribution >= 4 is 16.9 Å². The fraction of sp³-hybridized carbons (Fsp3) is 0.529. The number of alkyl halides is 3. The molecule has 1 aromatic heterocycles. The molecule has 1 saturated heterocycles. The molecule has 1 unspecified atom stereocenters. The second kappa shape index (κ2) is 6.15. The second-order valence-electron chi connectivity index (χ2n) is 6.93. The van der Waals surface area contributed by atoms with Gasteiger partial charge in [0.15, 0.2) is 5.60 Å². The van der Waals surface area contributed by atoms with Crippen molar-refractivity contribution in [1.29, 1.82) is 0 Å². The van der Waals surface area contributed by atoms with Crippen LogP contribution in [0.4, 0.5) is 13.2 Å². The number of carbonyl (C=O) groups excluding carboxylic acids is 1. The number of rotatable bonds is 2. The molecule has 142 valence electrons. The van der Waals surface area contributed by atoms with Crippen molar-refractivity contribution < 1.29 is 23.1 Å². The third kappa shape index (κ3) is 3.00. The molecular weight excluding hydrogens is 351 g/mol. The van der Waals surface area contributed by atoms with Crippen LogP contribution < -0.4 is 5.69 Å². The third-order valence-corrected chi connectivity index (χ3v) is 5.30. The van der Waals surface area contributed by atoms with E-state index in [0.29, 0.717) is 16.6 Å². The van der Waals surface area contributed by atoms with E-state index < -0.39 is 17.7 Å². The van der Waals surface area contributed by atoms with Crippen LogP contribution in [-0.4, -0.2) is 50.3 Å². The summed E-state index contributed by atoms with van der Waals surface area (Å²) in [6.07, 6.45) is -4.56. The van der Waals surface area contributed by atoms with Gasteiger partial charge in [0.05, 0.1) is 11.0 Å². The van der Waals surface area contributed by atoms with E-state index >= 15 is 0 Å². The Morgan fingerprint density at radius 2 is 1.88 bits per heavy atom. The van der Waals surface area contributed by atoms with Gasteiger partial charge in [0, 0.05) is 25.7 Å². The smallest absolute Gasteiger partial charge is 0.380 e. The van der Waals surface area contributed by atoms with Crippen molar-refractivity contribution in [3.05, 3.63) is 34.2 Å². The van der Waals surface area contributed by atoms with Crippen LogP contribution in [0.5, 0.6) is 0 Å². The molecule has 1 aliphatic rings. The number of hydrogen-bond acceptors (Lipinski definition) is 3. The highest BCUT2D eigenvalue weighted by molar-refractivity contribution is 5.97. The number of halogens is 3. The molecular formula is C17H20F3N3O3. The van der Waals surface area contributed by atoms with Gasteiger partial charge >= 0.3 is 11.9 Å². The number of aromatic amines is 1. The second-order valence-corrected chi connectivity index (χ2v) is 6.93. The summed E-state index contributed by atoms with van der Waals surface area (Å²) < 4.78 is 40.3. The van der Waals surface area contributed by atoms with Gasteiger partial charge in [-0.15, -0.1) is 0 Å². The predicted octanol–water partition coefficient (Wildman–Crippen LogP) is 2.03. The van der Waals surface area contributed by atoms with Crippen molar-refractivity contribution in [3.8, 4) is 0 Å². The van der Waals surface area contributed by atoms with Crippen molar-refractivity contribution in [3.63, 3.8) is 0 Å². The monoisotopic (exact) mass is 371 g/mol. The molecule has 1 amide bonds. The lowest BCUT2D eigenvalue weighted by molar-refractivity contribution is -0.275. The average molecular weight is 371 g/mol. The number of piperidine rings is 1. The number of nitrogens with zero attached hydrogens (tertiary/aromatic N) is 2. The lowest BCUT2D eigenvalue weighted by atomic mass is 9.81. The molecule has 2 heterocycles. The van der Waals surface area contributed by atoms with E-state index in [9.17, 15) is 27.9 Å². The molecule has 0 saturated carbocycles. The summed E-state index contributed by atoms with van der Waals surface area (Å²) in [6.45, 7) is 1.06. The number of amides is 1. The van der Waals surface area contributed by atoms with Gasteiger partial charge in [-0.3, -0.25) is 9.36 Å². The Bertz CT molecular complexity index is 890. The zero-order chi connectivity index (χ0) is 19.3. The first kappa shape index (κ1) is 18.5. The van der Waals surface area contributed by atoms with Crippen molar-refractivity contribution in [1.82, 2.24) is 14.5 Å². The van der Waals surface area contributed by atoms with E-state index in [0.717, 1.165) is 6.92 Å². The highest BCUT2D eigenvalue weighted by Crippen LogP contribution is 2.40. The van der Waals surface area contributed by atoms with Gasteiger partial charge in [-0.1, -0.05) is 0 Å². The minimum atomic E-state index is -4.70. The van der Waals surface area contributed by atoms with Gasteiger partial charge in [0.2, 0.25) is 0 Å². The van der Waals surface area contributed by atoms with Crippen LogP contribution >= 0.6 is 0 Å². The molecule has 0 spiro atoms. The summed E-state index contributed by atoms with van der Waals surface area (Å²) in [6, 6.07) is 4.81. The summed E-state index contributed by atoms with van der Waals surface area (Å²) in [5.41, 5.74) is -1.50. The Morgan fingerprint density at radius 3 is 2.46 bits per heavy atom. The Labute approximate surface area is 147 Å². The quantitative estimate of drug-likeness (QED) is 0.848. The number of H-pyrrole nitrogens is 1. The molecule has 1 fully saturated rings. The van der Waals surface area contributed by atoms with Crippen LogP contribution in [0.3, 0.4) is 0 Å². The summed E-state index contributed by atoms with van der Waals surface area (Å²) in [7, 11) is 1.61. The molecule has 0 aliphatic carbocycles. The molecule has 3 rings (SSSR count). The maximum atomic E-state index is 13.0. The van der Waals surface area contributed by atoms with Gasteiger partial charge in [-0.2, -0.15) is 13.2 Å². The Hall–Kier alpha value is -2.29. The largest absolute Gasteiger partial charge is 0.417 e. The Kier molecular flexibility index (Phi) is 4.38. The summed E-state index contributed by atoms with van der Waals surface area (Å²) >= 11 is 0. The maximum Gasteiger partial charge on any atom is 0.417 e. The first-order chi connectivity index (χ1) is 12.0. The van der Waals surface area contributed by atoms with Crippen LogP contribution in [0.25, 0.3) is 11.0 Å². The highest BCUT2D eigenvalue weighted by Gasteiger charge is 2.55. The molecule has 2 N–H and O–H groups in total. The first-order valence-corrected chi connectivity index (χ1v) is 8.29. The molecule has 9 heteroatoms. The molecule has 1 atom stereocenters. The van der Waals surface area contributed by atoms with Crippen molar-refractivity contribution in [2.45, 2.75) is 31.5 Å². The molecule has 0 bridgehead atoms. The van der Waals surface area contributed by atoms with E-state index in [2.05, 4.69) is 4.98 Å². The topological polar surface area (TPSA) is 78.3 Å². The fourth-order valence-electron chi connectivity index (χ4n) is 3.43. The Balaban J connectivity index is 1.74. The number of likely N-dealkylation sites (tertiary alicyclic amines) is 1. The van der Waals surface area contributed by atoms with Gasteiger partial charge < -0.3 is 15.0 Å². The van der Waals surface area contributed by atoms with Crippen LogP contribution in [0.2, 0.25) is 0 Å². The summed E-state index contributed by atoms with van der Waals surface area (Å²) in [4.78, 5) is 28.4. The lowest BCUT2D eigenvalue weighted by Gasteiger charge is -2.40. The minimum Gasteiger partial charge on any atom is -0.380 e. The van der Waals surface area contributed by atoms with Gasteiger partial charge in [-0.05, 0) is 43.9 Å². The summed E-state index contributed by atoms with van der Waals surface area (Å²) in [5, 5.41) is 9.80. The van der Waals surface area contributed by atoms with Crippen molar-refractivity contribution in [2.24, 2.45) is 13.0 Å². The van der Waals surface area contributed by atoms with E-state index in [1.807, 2.05) is 0 Å². The van der Waals surface area contributed by atoms with E-state index in [-0.39, 0.29) is 37.5 Å². The highest BCUT2D eigenvalue weighted by atomic mass is 19.4. The maximum absolute atomic E-state index is 13.0. The predicted molar refractivity (Wildman–Crippen MR) is 88.8 cm³/mol. The number of nitrogens with one attached hydrogen (secondary N) is 1. The molecule has 0 radical (unpaired) electrons. The standard InChI is InChI=1S/C17H20F3N3O3/c1-16(26,17(18,19)20)11-5-7-23(8-6-11)14(24)10-3-4-13-12(9-10)21-15(25)22(13)2/h3-4,9,11,26H,5-8H2,1-2H3,(H,21,25). The van der Waals surface area contributed by atoms with Gasteiger partial charge in [0.1, 0.15) is 0 Å². The molecule has 26 heavy (non-hydrogen) atoms. The van der Waals surface area contributed by atoms with E-state index in [1.54, 1.807) is 25.2 Å². The van der Waals surface area contributed by atoms with E-state index in [1.165, 1.54) is 9.47 Å². The average Bonchev–Trinajstić information content (AvgIpc) is 2.87. The summed E-state index contributed by atoms with van der Waals surface area (Å²) in [5.74, 6) is -1.25. The SMILES string of the molecule is Cn1c(=O)[nH]c2cc(C(=O)N3CCC(C(C)(O)C(F)(F)F)CC3)ccc21. The zero-order valence-corrected chi connectivity index (χ0v) is 14.4. The van der Waals surface area contributed by atoms with Crippen LogP contribution in [0.15, 0.2) is 23.0 Å². The molecule has 6 nitrogen and oxygen atoms in total. The van der Waals surface area contributed by atoms with Gasteiger partial charge in [-0.25, -0.2) is 4.79 Å². The number of aromatic nitrogens is 2. The fourth-order valence-corrected chi connectivity index (χ4v) is 3.43. The number of imidazole rings is 1. The van der Waals surface area contributed by atoms with Crippen molar-refractivity contribution in [2.75, 3.05) is 13.1 Å². The number of fused-ring (bicyclic) bond motifs is 1. The Morgan fingerprint density at radius 1 is 1.27 bits per heavy atom. The lowest BCUT2D eigenvalue weighted by Crippen LogP contribution is -2.53. The normalized spacial score (nSPS) is 18.9. The van der Waals surface area contributed by atoms with Crippen LogP contribution in [0.1, 0.15) is 30.1 Å². The van der Waals surface area contributed by atoms with E-state index in [4.69, 9.17) is 0 Å². The molecule has 2 aromatic rings. The van der Waals surface area contributed by atoms with Crippen LogP contribution in [0, 0.1) is 5.92 Å². The number of aliphatic hydroxyl groups is 1. The van der Waals surface area contributed by atoms with Gasteiger partial charge in [0.25, 0.3) is 5.91 Å². The van der Waals surface area contributed by atoms with Crippen LogP contribution in [-0.2, 0) is 7.05 Å². The molecule has 1 aliphatic heterocycles.